The molecule has 0 bridgehead atoms. The molecule has 0 spiro atoms. The molecule has 2 amide bonds. The minimum absolute atomic E-state index is 0.0996. The van der Waals surface area contributed by atoms with Crippen LogP contribution in [-0.4, -0.2) is 35.0 Å². The summed E-state index contributed by atoms with van der Waals surface area (Å²) in [5.74, 6) is -0.274. The molecule has 0 saturated carbocycles. The van der Waals surface area contributed by atoms with Gasteiger partial charge in [-0.1, -0.05) is 35.5 Å². The van der Waals surface area contributed by atoms with Crippen LogP contribution >= 0.6 is 0 Å². The Bertz CT molecular complexity index is 1020. The van der Waals surface area contributed by atoms with Crippen molar-refractivity contribution in [3.05, 3.63) is 75.8 Å². The first kappa shape index (κ1) is 19.1. The molecule has 2 heterocycles. The van der Waals surface area contributed by atoms with Crippen molar-refractivity contribution in [2.75, 3.05) is 13.1 Å². The maximum atomic E-state index is 12.1. The number of carbonyl (C=O) groups excluding carboxylic acids is 2. The molecule has 28 heavy (non-hydrogen) atoms. The van der Waals surface area contributed by atoms with Gasteiger partial charge in [-0.05, 0) is 25.0 Å². The molecular formula is C20H20N4O4. The normalized spacial score (nSPS) is 10.5. The van der Waals surface area contributed by atoms with E-state index < -0.39 is 11.5 Å². The molecule has 144 valence electrons. The predicted octanol–water partition coefficient (Wildman–Crippen LogP) is 1.89. The van der Waals surface area contributed by atoms with Crippen molar-refractivity contribution in [1.82, 2.24) is 20.8 Å². The number of nitrogens with one attached hydrogen (secondary N) is 3. The van der Waals surface area contributed by atoms with Gasteiger partial charge in [-0.3, -0.25) is 14.4 Å². The Morgan fingerprint density at radius 1 is 1.07 bits per heavy atom. The lowest BCUT2D eigenvalue weighted by Gasteiger charge is -2.07. The summed E-state index contributed by atoms with van der Waals surface area (Å²) in [4.78, 5) is 38.4. The van der Waals surface area contributed by atoms with E-state index in [1.807, 2.05) is 30.3 Å². The molecule has 0 atom stereocenters. The fourth-order valence-corrected chi connectivity index (χ4v) is 2.65. The van der Waals surface area contributed by atoms with Crippen LogP contribution < -0.4 is 16.2 Å². The summed E-state index contributed by atoms with van der Waals surface area (Å²) in [5.41, 5.74) is 1.31. The van der Waals surface area contributed by atoms with Crippen molar-refractivity contribution >= 4 is 11.8 Å². The van der Waals surface area contributed by atoms with Crippen LogP contribution in [0.4, 0.5) is 0 Å². The number of aromatic nitrogens is 2. The number of hydrogen-bond donors (Lipinski definition) is 3. The van der Waals surface area contributed by atoms with Crippen molar-refractivity contribution in [3.8, 4) is 11.3 Å². The minimum atomic E-state index is -0.435. The number of benzene rings is 1. The molecule has 8 nitrogen and oxygen atoms in total. The lowest BCUT2D eigenvalue weighted by molar-refractivity contribution is 0.0944. The Morgan fingerprint density at radius 2 is 1.79 bits per heavy atom. The van der Waals surface area contributed by atoms with Gasteiger partial charge < -0.3 is 20.1 Å². The van der Waals surface area contributed by atoms with E-state index in [0.29, 0.717) is 30.8 Å². The van der Waals surface area contributed by atoms with E-state index >= 15 is 0 Å². The van der Waals surface area contributed by atoms with Crippen molar-refractivity contribution in [1.29, 1.82) is 0 Å². The van der Waals surface area contributed by atoms with Gasteiger partial charge in [0, 0.05) is 30.9 Å². The summed E-state index contributed by atoms with van der Waals surface area (Å²) in [6, 6.07) is 12.6. The first-order chi connectivity index (χ1) is 13.6. The SMILES string of the molecule is Cc1cc[nH]c(=O)c1C(=O)NCCCNC(=O)c1cc(-c2ccccc2)on1. The van der Waals surface area contributed by atoms with Crippen LogP contribution in [0.5, 0.6) is 0 Å². The van der Waals surface area contributed by atoms with Gasteiger partial charge in [0.15, 0.2) is 11.5 Å². The monoisotopic (exact) mass is 380 g/mol. The third-order valence-electron chi connectivity index (χ3n) is 4.12. The summed E-state index contributed by atoms with van der Waals surface area (Å²) in [6.07, 6.45) is 2.00. The van der Waals surface area contributed by atoms with E-state index in [0.717, 1.165) is 5.56 Å². The summed E-state index contributed by atoms with van der Waals surface area (Å²) in [7, 11) is 0. The number of rotatable bonds is 7. The number of hydrogen-bond acceptors (Lipinski definition) is 5. The number of carbonyl (C=O) groups is 2. The van der Waals surface area contributed by atoms with Crippen molar-refractivity contribution < 1.29 is 14.1 Å². The van der Waals surface area contributed by atoms with E-state index in [1.165, 1.54) is 6.20 Å². The Morgan fingerprint density at radius 3 is 2.50 bits per heavy atom. The first-order valence-corrected chi connectivity index (χ1v) is 8.83. The second-order valence-electron chi connectivity index (χ2n) is 6.17. The van der Waals surface area contributed by atoms with Crippen LogP contribution in [0.15, 0.2) is 58.0 Å². The maximum absolute atomic E-state index is 12.1. The zero-order chi connectivity index (χ0) is 19.9. The topological polar surface area (TPSA) is 117 Å². The van der Waals surface area contributed by atoms with Gasteiger partial charge in [-0.25, -0.2) is 0 Å². The highest BCUT2D eigenvalue weighted by atomic mass is 16.5. The minimum Gasteiger partial charge on any atom is -0.355 e. The van der Waals surface area contributed by atoms with Crippen molar-refractivity contribution in [2.45, 2.75) is 13.3 Å². The summed E-state index contributed by atoms with van der Waals surface area (Å²) < 4.78 is 5.20. The molecule has 0 aliphatic heterocycles. The number of pyridine rings is 1. The molecule has 1 aromatic carbocycles. The maximum Gasteiger partial charge on any atom is 0.273 e. The predicted molar refractivity (Wildman–Crippen MR) is 103 cm³/mol. The average Bonchev–Trinajstić information content (AvgIpc) is 3.18. The van der Waals surface area contributed by atoms with Crippen molar-refractivity contribution in [2.24, 2.45) is 0 Å². The highest BCUT2D eigenvalue weighted by molar-refractivity contribution is 5.95. The highest BCUT2D eigenvalue weighted by Crippen LogP contribution is 2.19. The van der Waals surface area contributed by atoms with Gasteiger partial charge >= 0.3 is 0 Å². The van der Waals surface area contributed by atoms with Crippen LogP contribution in [0.1, 0.15) is 32.8 Å². The van der Waals surface area contributed by atoms with Gasteiger partial charge in [0.1, 0.15) is 5.56 Å². The second kappa shape index (κ2) is 8.81. The molecule has 0 aliphatic rings. The lowest BCUT2D eigenvalue weighted by Crippen LogP contribution is -2.33. The standard InChI is InChI=1S/C20H20N4O4/c1-13-8-11-23-20(27)17(13)19(26)22-10-5-9-21-18(25)15-12-16(28-24-15)14-6-3-2-4-7-14/h2-4,6-8,11-12H,5,9-10H2,1H3,(H,21,25)(H,22,26)(H,23,27). The molecule has 0 aliphatic carbocycles. The van der Waals surface area contributed by atoms with E-state index in [2.05, 4.69) is 20.8 Å². The Hall–Kier alpha value is -3.68. The molecule has 0 fully saturated rings. The molecule has 3 rings (SSSR count). The number of amides is 2. The van der Waals surface area contributed by atoms with E-state index in [-0.39, 0.29) is 17.2 Å². The Balaban J connectivity index is 1.44. The Labute approximate surface area is 161 Å². The fraction of sp³-hybridized carbons (Fsp3) is 0.200. The van der Waals surface area contributed by atoms with Crippen LogP contribution in [-0.2, 0) is 0 Å². The number of aromatic amines is 1. The molecule has 0 saturated heterocycles. The largest absolute Gasteiger partial charge is 0.355 e. The van der Waals surface area contributed by atoms with Gasteiger partial charge in [0.2, 0.25) is 0 Å². The second-order valence-corrected chi connectivity index (χ2v) is 6.17. The molecule has 0 unspecified atom stereocenters. The van der Waals surface area contributed by atoms with E-state index in [1.54, 1.807) is 19.1 Å². The number of aryl methyl sites for hydroxylation is 1. The third kappa shape index (κ3) is 4.53. The molecular weight excluding hydrogens is 360 g/mol. The molecule has 8 heteroatoms. The summed E-state index contributed by atoms with van der Waals surface area (Å²) in [6.45, 7) is 2.36. The van der Waals surface area contributed by atoms with E-state index in [9.17, 15) is 14.4 Å². The number of nitrogens with zero attached hydrogens (tertiary/aromatic N) is 1. The number of H-pyrrole nitrogens is 1. The summed E-state index contributed by atoms with van der Waals surface area (Å²) in [5, 5.41) is 9.18. The lowest BCUT2D eigenvalue weighted by atomic mass is 10.1. The first-order valence-electron chi connectivity index (χ1n) is 8.83. The van der Waals surface area contributed by atoms with Crippen LogP contribution in [0.3, 0.4) is 0 Å². The van der Waals surface area contributed by atoms with Gasteiger partial charge in [-0.15, -0.1) is 0 Å². The molecule has 0 radical (unpaired) electrons. The van der Waals surface area contributed by atoms with Crippen LogP contribution in [0.2, 0.25) is 0 Å². The van der Waals surface area contributed by atoms with Gasteiger partial charge in [0.25, 0.3) is 17.4 Å². The summed E-state index contributed by atoms with van der Waals surface area (Å²) >= 11 is 0. The van der Waals surface area contributed by atoms with Crippen molar-refractivity contribution in [3.63, 3.8) is 0 Å². The zero-order valence-electron chi connectivity index (χ0n) is 15.3. The highest BCUT2D eigenvalue weighted by Gasteiger charge is 2.14. The third-order valence-corrected chi connectivity index (χ3v) is 4.12. The van der Waals surface area contributed by atoms with Crippen LogP contribution in [0.25, 0.3) is 11.3 Å². The Kier molecular flexibility index (Phi) is 6.01. The average molecular weight is 380 g/mol. The molecule has 2 aromatic heterocycles. The van der Waals surface area contributed by atoms with Gasteiger partial charge in [-0.2, -0.15) is 0 Å². The quantitative estimate of drug-likeness (QED) is 0.541. The smallest absolute Gasteiger partial charge is 0.273 e. The molecule has 3 N–H and O–H groups in total. The molecule has 3 aromatic rings. The fourth-order valence-electron chi connectivity index (χ4n) is 2.65. The van der Waals surface area contributed by atoms with Crippen LogP contribution in [0, 0.1) is 6.92 Å². The zero-order valence-corrected chi connectivity index (χ0v) is 15.3. The van der Waals surface area contributed by atoms with Gasteiger partial charge in [0.05, 0.1) is 0 Å². The van der Waals surface area contributed by atoms with E-state index in [4.69, 9.17) is 4.52 Å².